The van der Waals surface area contributed by atoms with Crippen molar-refractivity contribution in [3.05, 3.63) is 10.4 Å². The van der Waals surface area contributed by atoms with Gasteiger partial charge in [0.1, 0.15) is 0 Å². The van der Waals surface area contributed by atoms with Gasteiger partial charge in [-0.1, -0.05) is 15.9 Å². The van der Waals surface area contributed by atoms with Crippen molar-refractivity contribution in [2.45, 2.75) is 18.2 Å². The summed E-state index contributed by atoms with van der Waals surface area (Å²) in [6.07, 6.45) is 0. The molecule has 0 spiro atoms. The van der Waals surface area contributed by atoms with Crippen LogP contribution in [-0.2, 0) is 4.79 Å². The van der Waals surface area contributed by atoms with Gasteiger partial charge >= 0.3 is 0 Å². The van der Waals surface area contributed by atoms with Crippen molar-refractivity contribution < 1.29 is 4.79 Å². The molecule has 0 aliphatic carbocycles. The van der Waals surface area contributed by atoms with E-state index < -0.39 is 10.2 Å². The lowest BCUT2D eigenvalue weighted by molar-refractivity contribution is -0.119. The lowest BCUT2D eigenvalue weighted by Gasteiger charge is -2.08. The Balaban J connectivity index is 4.22. The summed E-state index contributed by atoms with van der Waals surface area (Å²) in [6.45, 7) is 3.23. The zero-order chi connectivity index (χ0) is 7.49. The predicted molar refractivity (Wildman–Crippen MR) is 37.2 cm³/mol. The van der Waals surface area contributed by atoms with Crippen LogP contribution in [0.15, 0.2) is 5.11 Å². The number of azide groups is 1. The van der Waals surface area contributed by atoms with Crippen molar-refractivity contribution in [3.63, 3.8) is 0 Å². The van der Waals surface area contributed by atoms with Crippen LogP contribution in [0.3, 0.4) is 0 Å². The number of hydrogen-bond donors (Lipinski definition) is 0. The molecule has 0 aromatic rings. The Bertz CT molecular complexity index is 165. The lowest BCUT2D eigenvalue weighted by atomic mass is 10.2. The minimum absolute atomic E-state index is 0.509. The normalized spacial score (nSPS) is 10.1. The summed E-state index contributed by atoms with van der Waals surface area (Å²) in [5, 5.41) is 2.89. The van der Waals surface area contributed by atoms with Gasteiger partial charge in [0.25, 0.3) is 0 Å². The van der Waals surface area contributed by atoms with Crippen LogP contribution in [0.5, 0.6) is 0 Å². The quantitative estimate of drug-likeness (QED) is 0.271. The van der Waals surface area contributed by atoms with Gasteiger partial charge in [0, 0.05) is 4.91 Å². The van der Waals surface area contributed by atoms with E-state index in [9.17, 15) is 4.79 Å². The molecule has 0 saturated carbocycles. The fraction of sp³-hybridized carbons (Fsp3) is 0.750. The number of carbonyl (C=O) groups is 1. The molecule has 0 unspecified atom stereocenters. The van der Waals surface area contributed by atoms with Crippen LogP contribution in [-0.4, -0.2) is 10.2 Å². The third-order valence-electron chi connectivity index (χ3n) is 0.644. The summed E-state index contributed by atoms with van der Waals surface area (Å²) in [5.41, 5.74) is 7.82. The van der Waals surface area contributed by atoms with Gasteiger partial charge < -0.3 is 0 Å². The number of rotatable bonds is 1. The van der Waals surface area contributed by atoms with Crippen molar-refractivity contribution in [2.75, 3.05) is 0 Å². The summed E-state index contributed by atoms with van der Waals surface area (Å²) in [4.78, 5) is 12.9. The Labute approximate surface area is 61.0 Å². The highest BCUT2D eigenvalue weighted by molar-refractivity contribution is 9.10. The molecular formula is C4H6BrN3O. The third kappa shape index (κ3) is 3.11. The average molecular weight is 192 g/mol. The molecule has 0 N–H and O–H groups in total. The molecule has 0 aliphatic heterocycles. The first-order valence-corrected chi connectivity index (χ1v) is 3.06. The molecule has 0 saturated heterocycles. The Morgan fingerprint density at radius 1 is 1.78 bits per heavy atom. The Morgan fingerprint density at radius 3 is 2.33 bits per heavy atom. The van der Waals surface area contributed by atoms with Crippen molar-refractivity contribution in [1.29, 1.82) is 0 Å². The molecule has 0 rings (SSSR count). The highest BCUT2D eigenvalue weighted by Crippen LogP contribution is 2.17. The molecule has 0 radical (unpaired) electrons. The van der Waals surface area contributed by atoms with E-state index in [-0.39, 0.29) is 0 Å². The number of amides is 1. The van der Waals surface area contributed by atoms with Gasteiger partial charge in [0.05, 0.1) is 4.32 Å². The minimum Gasteiger partial charge on any atom is -0.291 e. The molecule has 0 bridgehead atoms. The van der Waals surface area contributed by atoms with Crippen LogP contribution in [0, 0.1) is 0 Å². The summed E-state index contributed by atoms with van der Waals surface area (Å²) in [7, 11) is 0. The molecule has 0 aromatic heterocycles. The second-order valence-electron chi connectivity index (χ2n) is 1.97. The van der Waals surface area contributed by atoms with Gasteiger partial charge in [-0.3, -0.25) is 4.79 Å². The van der Waals surface area contributed by atoms with E-state index in [0.717, 1.165) is 0 Å². The van der Waals surface area contributed by atoms with Crippen LogP contribution >= 0.6 is 15.9 Å². The predicted octanol–water partition coefficient (Wildman–Crippen LogP) is 2.00. The number of alkyl halides is 1. The van der Waals surface area contributed by atoms with Crippen LogP contribution in [0.1, 0.15) is 13.8 Å². The molecular weight excluding hydrogens is 186 g/mol. The van der Waals surface area contributed by atoms with E-state index in [1.807, 2.05) is 0 Å². The van der Waals surface area contributed by atoms with Gasteiger partial charge in [-0.25, -0.2) is 0 Å². The SMILES string of the molecule is CC(C)(Br)C(=O)N=[N+]=[N-]. The largest absolute Gasteiger partial charge is 0.291 e. The maximum atomic E-state index is 10.6. The zero-order valence-electron chi connectivity index (χ0n) is 5.13. The highest BCUT2D eigenvalue weighted by atomic mass is 79.9. The molecule has 50 valence electrons. The number of halogens is 1. The minimum atomic E-state index is -0.737. The highest BCUT2D eigenvalue weighted by Gasteiger charge is 2.21. The van der Waals surface area contributed by atoms with Crippen molar-refractivity contribution >= 4 is 21.8 Å². The summed E-state index contributed by atoms with van der Waals surface area (Å²) in [6, 6.07) is 0. The fourth-order valence-corrected chi connectivity index (χ4v) is 0.239. The first kappa shape index (κ1) is 8.46. The Kier molecular flexibility index (Phi) is 2.67. The lowest BCUT2D eigenvalue weighted by Crippen LogP contribution is -2.20. The van der Waals surface area contributed by atoms with E-state index in [0.29, 0.717) is 0 Å². The number of carbonyl (C=O) groups excluding carboxylic acids is 1. The number of nitrogens with zero attached hydrogens (tertiary/aromatic N) is 3. The maximum absolute atomic E-state index is 10.6. The van der Waals surface area contributed by atoms with Crippen LogP contribution in [0.25, 0.3) is 10.4 Å². The van der Waals surface area contributed by atoms with E-state index in [4.69, 9.17) is 5.53 Å². The smallest absolute Gasteiger partial charge is 0.234 e. The zero-order valence-corrected chi connectivity index (χ0v) is 6.71. The molecule has 0 aromatic carbocycles. The second-order valence-corrected chi connectivity index (χ2v) is 3.95. The van der Waals surface area contributed by atoms with Crippen molar-refractivity contribution in [3.8, 4) is 0 Å². The standard InChI is InChI=1S/C4H6BrN3O/c1-4(2,5)3(9)7-8-6/h1-2H3. The number of hydrogen-bond acceptors (Lipinski definition) is 1. The molecule has 9 heavy (non-hydrogen) atoms. The molecule has 0 aliphatic rings. The van der Waals surface area contributed by atoms with Crippen LogP contribution in [0.4, 0.5) is 0 Å². The van der Waals surface area contributed by atoms with Gasteiger partial charge in [-0.2, -0.15) is 0 Å². The first-order chi connectivity index (χ1) is 3.98. The average Bonchev–Trinajstić information content (AvgIpc) is 1.64. The van der Waals surface area contributed by atoms with Crippen molar-refractivity contribution in [1.82, 2.24) is 0 Å². The molecule has 0 fully saturated rings. The monoisotopic (exact) mass is 191 g/mol. The van der Waals surface area contributed by atoms with Crippen LogP contribution in [0.2, 0.25) is 0 Å². The van der Waals surface area contributed by atoms with Crippen LogP contribution < -0.4 is 0 Å². The summed E-state index contributed by atoms with van der Waals surface area (Å²) in [5.74, 6) is -0.509. The van der Waals surface area contributed by atoms with Gasteiger partial charge in [0.2, 0.25) is 5.91 Å². The first-order valence-electron chi connectivity index (χ1n) is 2.27. The molecule has 1 amide bonds. The van der Waals surface area contributed by atoms with E-state index in [1.165, 1.54) is 0 Å². The van der Waals surface area contributed by atoms with E-state index >= 15 is 0 Å². The van der Waals surface area contributed by atoms with E-state index in [1.54, 1.807) is 13.8 Å². The van der Waals surface area contributed by atoms with Gasteiger partial charge in [-0.05, 0) is 24.5 Å². The summed E-state index contributed by atoms with van der Waals surface area (Å²) < 4.78 is -0.737. The Hall–Kier alpha value is -0.540. The Morgan fingerprint density at radius 2 is 2.22 bits per heavy atom. The topological polar surface area (TPSA) is 65.8 Å². The third-order valence-corrected chi connectivity index (χ3v) is 0.983. The van der Waals surface area contributed by atoms with Gasteiger partial charge in [0.15, 0.2) is 0 Å². The van der Waals surface area contributed by atoms with E-state index in [2.05, 4.69) is 26.0 Å². The van der Waals surface area contributed by atoms with Crippen molar-refractivity contribution in [2.24, 2.45) is 5.11 Å². The maximum Gasteiger partial charge on any atom is 0.234 e. The molecule has 0 atom stereocenters. The second kappa shape index (κ2) is 2.85. The fourth-order valence-electron chi connectivity index (χ4n) is 0.160. The van der Waals surface area contributed by atoms with Gasteiger partial charge in [-0.15, -0.1) is 0 Å². The molecule has 0 heterocycles. The molecule has 4 nitrogen and oxygen atoms in total. The summed E-state index contributed by atoms with van der Waals surface area (Å²) >= 11 is 3.03. The molecule has 5 heteroatoms.